The lowest BCUT2D eigenvalue weighted by molar-refractivity contribution is -0.114. The van der Waals surface area contributed by atoms with Crippen molar-refractivity contribution in [3.05, 3.63) is 77.7 Å². The third-order valence-corrected chi connectivity index (χ3v) is 5.53. The van der Waals surface area contributed by atoms with Crippen LogP contribution in [0.1, 0.15) is 6.92 Å². The van der Waals surface area contributed by atoms with Crippen molar-refractivity contribution in [1.29, 1.82) is 0 Å². The molecule has 0 unspecified atom stereocenters. The Hall–Kier alpha value is -4.25. The van der Waals surface area contributed by atoms with Gasteiger partial charge in [-0.1, -0.05) is 12.1 Å². The van der Waals surface area contributed by atoms with E-state index in [-0.39, 0.29) is 27.9 Å². The molecule has 3 aromatic carbocycles. The molecule has 0 aliphatic carbocycles. The highest BCUT2D eigenvalue weighted by Gasteiger charge is 2.14. The quantitative estimate of drug-likeness (QED) is 0.389. The van der Waals surface area contributed by atoms with E-state index < -0.39 is 16.1 Å². The van der Waals surface area contributed by atoms with Crippen molar-refractivity contribution < 1.29 is 18.0 Å². The lowest BCUT2D eigenvalue weighted by Crippen LogP contribution is -2.19. The number of hydrogen-bond donors (Lipinski definition) is 4. The largest absolute Gasteiger partial charge is 0.326 e. The van der Waals surface area contributed by atoms with E-state index in [0.29, 0.717) is 11.4 Å². The van der Waals surface area contributed by atoms with Crippen LogP contribution in [0.15, 0.2) is 82.9 Å². The van der Waals surface area contributed by atoms with Crippen LogP contribution in [-0.2, 0) is 14.8 Å². The predicted octanol–water partition coefficient (Wildman–Crippen LogP) is 4.49. The van der Waals surface area contributed by atoms with Gasteiger partial charge < -0.3 is 16.0 Å². The molecule has 0 saturated carbocycles. The summed E-state index contributed by atoms with van der Waals surface area (Å²) in [6.07, 6.45) is 0. The van der Waals surface area contributed by atoms with Crippen LogP contribution in [0.2, 0.25) is 0 Å². The molecule has 0 radical (unpaired) electrons. The van der Waals surface area contributed by atoms with E-state index in [2.05, 4.69) is 25.8 Å². The number of sulfonamides is 1. The highest BCUT2D eigenvalue weighted by molar-refractivity contribution is 7.92. The SMILES string of the molecule is CC(=O)Nc1ccc(S(=O)(=O)Nc2ccc(NC(=O)Nc3ccccc3N=O)cc2)cc1. The van der Waals surface area contributed by atoms with Gasteiger partial charge in [-0.2, -0.15) is 0 Å². The molecule has 3 amide bonds. The van der Waals surface area contributed by atoms with E-state index in [1.165, 1.54) is 67.6 Å². The second-order valence-electron chi connectivity index (χ2n) is 6.58. The maximum absolute atomic E-state index is 12.5. The van der Waals surface area contributed by atoms with Gasteiger partial charge in [0.25, 0.3) is 10.0 Å². The molecule has 10 nitrogen and oxygen atoms in total. The van der Waals surface area contributed by atoms with E-state index >= 15 is 0 Å². The summed E-state index contributed by atoms with van der Waals surface area (Å²) < 4.78 is 27.5. The van der Waals surface area contributed by atoms with Crippen molar-refractivity contribution in [2.75, 3.05) is 20.7 Å². The van der Waals surface area contributed by atoms with Gasteiger partial charge in [0.15, 0.2) is 0 Å². The Labute approximate surface area is 184 Å². The summed E-state index contributed by atoms with van der Waals surface area (Å²) in [6.45, 7) is 1.36. The monoisotopic (exact) mass is 453 g/mol. The number of anilines is 4. The lowest BCUT2D eigenvalue weighted by atomic mass is 10.2. The fourth-order valence-corrected chi connectivity index (χ4v) is 3.76. The molecule has 0 atom stereocenters. The molecule has 0 aliphatic rings. The highest BCUT2D eigenvalue weighted by Crippen LogP contribution is 2.24. The topological polar surface area (TPSA) is 146 Å². The summed E-state index contributed by atoms with van der Waals surface area (Å²) in [6, 6.07) is 17.4. The normalized spacial score (nSPS) is 10.7. The minimum Gasteiger partial charge on any atom is -0.326 e. The Morgan fingerprint density at radius 2 is 1.31 bits per heavy atom. The third kappa shape index (κ3) is 5.89. The molecule has 0 heterocycles. The van der Waals surface area contributed by atoms with E-state index in [4.69, 9.17) is 0 Å². The molecule has 0 aromatic heterocycles. The summed E-state index contributed by atoms with van der Waals surface area (Å²) >= 11 is 0. The Kier molecular flexibility index (Phi) is 6.80. The second kappa shape index (κ2) is 9.71. The van der Waals surface area contributed by atoms with Crippen LogP contribution >= 0.6 is 0 Å². The van der Waals surface area contributed by atoms with Gasteiger partial charge in [0.05, 0.1) is 10.6 Å². The number of nitrogens with one attached hydrogen (secondary N) is 4. The van der Waals surface area contributed by atoms with E-state index in [1.54, 1.807) is 12.1 Å². The number of rotatable bonds is 7. The van der Waals surface area contributed by atoms with Gasteiger partial charge in [-0.25, -0.2) is 13.2 Å². The summed E-state index contributed by atoms with van der Waals surface area (Å²) in [5.74, 6) is -0.259. The number of nitrogens with zero attached hydrogens (tertiary/aromatic N) is 1. The van der Waals surface area contributed by atoms with Gasteiger partial charge in [-0.05, 0) is 65.8 Å². The number of nitroso groups, excluding NO2 is 1. The molecule has 0 fully saturated rings. The van der Waals surface area contributed by atoms with Crippen LogP contribution in [0.25, 0.3) is 0 Å². The highest BCUT2D eigenvalue weighted by atomic mass is 32.2. The molecular formula is C21H19N5O5S. The van der Waals surface area contributed by atoms with Gasteiger partial charge in [0.2, 0.25) is 5.91 Å². The number of benzene rings is 3. The van der Waals surface area contributed by atoms with Crippen molar-refractivity contribution in [2.24, 2.45) is 5.18 Å². The van der Waals surface area contributed by atoms with Crippen molar-refractivity contribution in [3.63, 3.8) is 0 Å². The van der Waals surface area contributed by atoms with Crippen LogP contribution in [-0.4, -0.2) is 20.4 Å². The Morgan fingerprint density at radius 1 is 0.750 bits per heavy atom. The first-order chi connectivity index (χ1) is 15.3. The molecule has 11 heteroatoms. The van der Waals surface area contributed by atoms with Gasteiger partial charge in [-0.3, -0.25) is 9.52 Å². The molecule has 3 rings (SSSR count). The number of carbonyl (C=O) groups excluding carboxylic acids is 2. The predicted molar refractivity (Wildman–Crippen MR) is 123 cm³/mol. The van der Waals surface area contributed by atoms with E-state index in [9.17, 15) is 22.9 Å². The number of urea groups is 1. The Morgan fingerprint density at radius 3 is 1.94 bits per heavy atom. The molecule has 164 valence electrons. The number of hydrogen-bond acceptors (Lipinski definition) is 6. The Balaban J connectivity index is 1.63. The van der Waals surface area contributed by atoms with E-state index in [0.717, 1.165) is 0 Å². The summed E-state index contributed by atoms with van der Waals surface area (Å²) in [7, 11) is -3.85. The standard InChI is InChI=1S/C21H19N5O5S/c1-14(27)22-15-10-12-18(13-11-15)32(30,31)26-17-8-6-16(7-9-17)23-21(28)24-19-4-2-3-5-20(19)25-29/h2-13,26H,1H3,(H,22,27)(H2,23,24,28). The van der Waals surface area contributed by atoms with Crippen LogP contribution in [0.4, 0.5) is 33.2 Å². The first-order valence-electron chi connectivity index (χ1n) is 9.28. The van der Waals surface area contributed by atoms with Crippen molar-refractivity contribution in [3.8, 4) is 0 Å². The number of carbonyl (C=O) groups is 2. The average Bonchev–Trinajstić information content (AvgIpc) is 2.75. The van der Waals surface area contributed by atoms with Gasteiger partial charge >= 0.3 is 6.03 Å². The molecule has 4 N–H and O–H groups in total. The molecule has 3 aromatic rings. The molecule has 32 heavy (non-hydrogen) atoms. The van der Waals surface area contributed by atoms with Crippen LogP contribution < -0.4 is 20.7 Å². The van der Waals surface area contributed by atoms with Crippen molar-refractivity contribution in [1.82, 2.24) is 0 Å². The van der Waals surface area contributed by atoms with Gasteiger partial charge in [-0.15, -0.1) is 4.91 Å². The van der Waals surface area contributed by atoms with Gasteiger partial charge in [0.1, 0.15) is 5.69 Å². The maximum Gasteiger partial charge on any atom is 0.323 e. The number of amides is 3. The zero-order valence-corrected chi connectivity index (χ0v) is 17.6. The zero-order chi connectivity index (χ0) is 23.1. The minimum absolute atomic E-state index is 0.0237. The summed E-state index contributed by atoms with van der Waals surface area (Å²) in [4.78, 5) is 34.0. The van der Waals surface area contributed by atoms with Gasteiger partial charge in [0, 0.05) is 24.0 Å². The maximum atomic E-state index is 12.5. The van der Waals surface area contributed by atoms with Crippen LogP contribution in [0.3, 0.4) is 0 Å². The Bertz CT molecular complexity index is 1240. The molecular weight excluding hydrogens is 434 g/mol. The zero-order valence-electron chi connectivity index (χ0n) is 16.8. The third-order valence-electron chi connectivity index (χ3n) is 4.13. The van der Waals surface area contributed by atoms with Crippen molar-refractivity contribution in [2.45, 2.75) is 11.8 Å². The first kappa shape index (κ1) is 22.4. The molecule has 0 bridgehead atoms. The minimum atomic E-state index is -3.85. The number of para-hydroxylation sites is 1. The fourth-order valence-electron chi connectivity index (χ4n) is 2.70. The van der Waals surface area contributed by atoms with Crippen molar-refractivity contribution >= 4 is 50.4 Å². The second-order valence-corrected chi connectivity index (χ2v) is 8.26. The smallest absolute Gasteiger partial charge is 0.323 e. The molecule has 0 spiro atoms. The first-order valence-corrected chi connectivity index (χ1v) is 10.8. The van der Waals surface area contributed by atoms with Crippen LogP contribution in [0.5, 0.6) is 0 Å². The van der Waals surface area contributed by atoms with E-state index in [1.807, 2.05) is 0 Å². The fraction of sp³-hybridized carbons (Fsp3) is 0.0476. The average molecular weight is 453 g/mol. The van der Waals surface area contributed by atoms with Crippen LogP contribution in [0, 0.1) is 4.91 Å². The summed E-state index contributed by atoms with van der Waals surface area (Å²) in [5.41, 5.74) is 1.53. The molecule has 0 aliphatic heterocycles. The lowest BCUT2D eigenvalue weighted by Gasteiger charge is -2.11. The molecule has 0 saturated heterocycles. The summed E-state index contributed by atoms with van der Waals surface area (Å²) in [5, 5.41) is 10.5.